The van der Waals surface area contributed by atoms with Gasteiger partial charge in [0.1, 0.15) is 0 Å². The maximum Gasteiger partial charge on any atom is 0.413 e. The maximum absolute atomic E-state index is 10.9. The second-order valence-corrected chi connectivity index (χ2v) is 3.73. The summed E-state index contributed by atoms with van der Waals surface area (Å²) in [5.74, 6) is 0. The minimum atomic E-state index is -0.502. The number of nitrogens with zero attached hydrogens (tertiary/aromatic N) is 2. The zero-order valence-corrected chi connectivity index (χ0v) is 9.97. The summed E-state index contributed by atoms with van der Waals surface area (Å²) in [6.07, 6.45) is -0.502. The van der Waals surface area contributed by atoms with Crippen molar-refractivity contribution in [2.24, 2.45) is 0 Å². The summed E-state index contributed by atoms with van der Waals surface area (Å²) >= 11 is 5.09. The number of alkyl carbamates (subject to hydrolysis) is 1. The van der Waals surface area contributed by atoms with Gasteiger partial charge in [0, 0.05) is 26.2 Å². The smallest absolute Gasteiger partial charge is 0.413 e. The molecule has 1 N–H and O–H groups in total. The number of piperazine rings is 1. The molecule has 1 rings (SSSR count). The van der Waals surface area contributed by atoms with Crippen LogP contribution >= 0.6 is 12.2 Å². The Morgan fingerprint density at radius 1 is 1.40 bits per heavy atom. The van der Waals surface area contributed by atoms with E-state index in [4.69, 9.17) is 12.2 Å². The van der Waals surface area contributed by atoms with E-state index in [1.807, 2.05) is 4.90 Å². The number of hydrogen-bond acceptors (Lipinski definition) is 4. The van der Waals surface area contributed by atoms with Gasteiger partial charge in [0.25, 0.3) is 0 Å². The van der Waals surface area contributed by atoms with Gasteiger partial charge in [-0.2, -0.15) is 0 Å². The van der Waals surface area contributed by atoms with Gasteiger partial charge >= 0.3 is 6.09 Å². The fourth-order valence-electron chi connectivity index (χ4n) is 1.48. The average Bonchev–Trinajstić information content (AvgIpc) is 2.29. The minimum absolute atomic E-state index is 0.456. The average molecular weight is 231 g/mol. The standard InChI is InChI=1S/C9H17N3O2S/c1-3-11-4-6-12(7-5-11)8(15)10-9(13)14-2/h3-7H2,1-2H3,(H,10,13,15). The Morgan fingerprint density at radius 2 is 2.00 bits per heavy atom. The molecule has 0 aromatic rings. The number of methoxy groups -OCH3 is 1. The van der Waals surface area contributed by atoms with Gasteiger partial charge in [-0.3, -0.25) is 5.32 Å². The van der Waals surface area contributed by atoms with E-state index in [0.29, 0.717) is 5.11 Å². The lowest BCUT2D eigenvalue weighted by atomic mass is 10.3. The van der Waals surface area contributed by atoms with Gasteiger partial charge in [0.05, 0.1) is 7.11 Å². The lowest BCUT2D eigenvalue weighted by molar-refractivity contribution is 0.169. The number of likely N-dealkylation sites (N-methyl/N-ethyl adjacent to an activating group) is 1. The highest BCUT2D eigenvalue weighted by Crippen LogP contribution is 2.01. The van der Waals surface area contributed by atoms with Crippen molar-refractivity contribution in [1.82, 2.24) is 15.1 Å². The Balaban J connectivity index is 2.33. The molecule has 1 saturated heterocycles. The van der Waals surface area contributed by atoms with Crippen molar-refractivity contribution in [3.63, 3.8) is 0 Å². The van der Waals surface area contributed by atoms with Crippen LogP contribution in [0, 0.1) is 0 Å². The molecule has 15 heavy (non-hydrogen) atoms. The molecule has 1 heterocycles. The molecule has 0 saturated carbocycles. The quantitative estimate of drug-likeness (QED) is 0.656. The van der Waals surface area contributed by atoms with E-state index in [1.165, 1.54) is 7.11 Å². The molecule has 0 unspecified atom stereocenters. The van der Waals surface area contributed by atoms with Crippen molar-refractivity contribution >= 4 is 23.4 Å². The molecule has 1 amide bonds. The number of carbonyl (C=O) groups is 1. The molecule has 0 spiro atoms. The zero-order valence-electron chi connectivity index (χ0n) is 9.15. The Morgan fingerprint density at radius 3 is 2.47 bits per heavy atom. The predicted octanol–water partition coefficient (Wildman–Crippen LogP) is 0.265. The topological polar surface area (TPSA) is 44.8 Å². The first-order chi connectivity index (χ1) is 7.17. The Labute approximate surface area is 95.4 Å². The van der Waals surface area contributed by atoms with E-state index in [9.17, 15) is 4.79 Å². The molecular weight excluding hydrogens is 214 g/mol. The molecule has 0 aliphatic carbocycles. The summed E-state index contributed by atoms with van der Waals surface area (Å²) in [5.41, 5.74) is 0. The normalized spacial score (nSPS) is 17.3. The van der Waals surface area contributed by atoms with Crippen LogP contribution in [0.3, 0.4) is 0 Å². The first kappa shape index (κ1) is 12.2. The third kappa shape index (κ3) is 3.64. The Kier molecular flexibility index (Phi) is 4.77. The monoisotopic (exact) mass is 231 g/mol. The van der Waals surface area contributed by atoms with Crippen LogP contribution in [-0.2, 0) is 4.74 Å². The molecule has 1 aliphatic rings. The molecule has 6 heteroatoms. The second-order valence-electron chi connectivity index (χ2n) is 3.34. The van der Waals surface area contributed by atoms with Crippen LogP contribution in [0.1, 0.15) is 6.92 Å². The number of carbonyl (C=O) groups excluding carboxylic acids is 1. The number of ether oxygens (including phenoxy) is 1. The van der Waals surface area contributed by atoms with E-state index < -0.39 is 6.09 Å². The maximum atomic E-state index is 10.9. The zero-order chi connectivity index (χ0) is 11.3. The molecule has 86 valence electrons. The van der Waals surface area contributed by atoms with Gasteiger partial charge in [-0.15, -0.1) is 0 Å². The highest BCUT2D eigenvalue weighted by molar-refractivity contribution is 7.80. The summed E-state index contributed by atoms with van der Waals surface area (Å²) in [7, 11) is 1.33. The summed E-state index contributed by atoms with van der Waals surface area (Å²) in [6, 6.07) is 0. The molecule has 0 radical (unpaired) electrons. The summed E-state index contributed by atoms with van der Waals surface area (Å²) in [6.45, 7) is 6.89. The van der Waals surface area contributed by atoms with Crippen molar-refractivity contribution < 1.29 is 9.53 Å². The molecule has 5 nitrogen and oxygen atoms in total. The number of hydrogen-bond donors (Lipinski definition) is 1. The first-order valence-corrected chi connectivity index (χ1v) is 5.44. The van der Waals surface area contributed by atoms with Crippen LogP contribution in [0.15, 0.2) is 0 Å². The molecule has 0 atom stereocenters. The van der Waals surface area contributed by atoms with Crippen LogP contribution in [0.25, 0.3) is 0 Å². The van der Waals surface area contributed by atoms with E-state index in [2.05, 4.69) is 21.9 Å². The Bertz CT molecular complexity index is 240. The predicted molar refractivity (Wildman–Crippen MR) is 61.8 cm³/mol. The fraction of sp³-hybridized carbons (Fsp3) is 0.778. The van der Waals surface area contributed by atoms with Gasteiger partial charge in [0.15, 0.2) is 5.11 Å². The van der Waals surface area contributed by atoms with Crippen LogP contribution in [0.4, 0.5) is 4.79 Å². The van der Waals surface area contributed by atoms with Crippen molar-refractivity contribution in [1.29, 1.82) is 0 Å². The van der Waals surface area contributed by atoms with E-state index in [0.717, 1.165) is 32.7 Å². The van der Waals surface area contributed by atoms with Gasteiger partial charge in [0.2, 0.25) is 0 Å². The fourth-order valence-corrected chi connectivity index (χ4v) is 1.75. The summed E-state index contributed by atoms with van der Waals surface area (Å²) in [4.78, 5) is 15.3. The van der Waals surface area contributed by atoms with Crippen molar-refractivity contribution in [2.45, 2.75) is 6.92 Å². The highest BCUT2D eigenvalue weighted by Gasteiger charge is 2.18. The third-order valence-corrected chi connectivity index (χ3v) is 2.86. The molecule has 0 bridgehead atoms. The third-order valence-electron chi connectivity index (χ3n) is 2.50. The molecule has 0 aromatic heterocycles. The van der Waals surface area contributed by atoms with Crippen LogP contribution < -0.4 is 5.32 Å². The molecule has 1 aliphatic heterocycles. The van der Waals surface area contributed by atoms with Gasteiger partial charge in [-0.25, -0.2) is 4.79 Å². The SMILES string of the molecule is CCN1CCN(C(=S)NC(=O)OC)CC1. The van der Waals surface area contributed by atoms with Crippen LogP contribution in [-0.4, -0.2) is 60.8 Å². The molecule has 0 aromatic carbocycles. The largest absolute Gasteiger partial charge is 0.453 e. The van der Waals surface area contributed by atoms with E-state index >= 15 is 0 Å². The van der Waals surface area contributed by atoms with Gasteiger partial charge in [-0.05, 0) is 18.8 Å². The van der Waals surface area contributed by atoms with Gasteiger partial charge < -0.3 is 14.5 Å². The molecular formula is C9H17N3O2S. The minimum Gasteiger partial charge on any atom is -0.453 e. The first-order valence-electron chi connectivity index (χ1n) is 5.03. The summed E-state index contributed by atoms with van der Waals surface area (Å²) < 4.78 is 4.48. The van der Waals surface area contributed by atoms with Crippen LogP contribution in [0.5, 0.6) is 0 Å². The number of amides is 1. The van der Waals surface area contributed by atoms with E-state index in [-0.39, 0.29) is 0 Å². The Hall–Kier alpha value is -0.880. The summed E-state index contributed by atoms with van der Waals surface area (Å²) in [5, 5.41) is 2.97. The lowest BCUT2D eigenvalue weighted by Gasteiger charge is -2.35. The van der Waals surface area contributed by atoms with Gasteiger partial charge in [-0.1, -0.05) is 6.92 Å². The van der Waals surface area contributed by atoms with E-state index in [1.54, 1.807) is 0 Å². The highest BCUT2D eigenvalue weighted by atomic mass is 32.1. The van der Waals surface area contributed by atoms with Crippen LogP contribution in [0.2, 0.25) is 0 Å². The number of rotatable bonds is 1. The van der Waals surface area contributed by atoms with Crippen molar-refractivity contribution in [3.05, 3.63) is 0 Å². The lowest BCUT2D eigenvalue weighted by Crippen LogP contribution is -2.52. The molecule has 1 fully saturated rings. The number of nitrogens with one attached hydrogen (secondary N) is 1. The number of thiocarbonyl (C=S) groups is 1. The van der Waals surface area contributed by atoms with Crippen molar-refractivity contribution in [3.8, 4) is 0 Å². The second kappa shape index (κ2) is 5.87. The van der Waals surface area contributed by atoms with Crippen molar-refractivity contribution in [2.75, 3.05) is 39.8 Å².